The Morgan fingerprint density at radius 1 is 1.06 bits per heavy atom. The van der Waals surface area contributed by atoms with Gasteiger partial charge in [0.25, 0.3) is 0 Å². The van der Waals surface area contributed by atoms with Gasteiger partial charge in [0.1, 0.15) is 5.78 Å². The van der Waals surface area contributed by atoms with Crippen molar-refractivity contribution in [1.82, 2.24) is 0 Å². The topological polar surface area (TPSA) is 38.7 Å². The standard InChI is InChI=1S/C23H36O2.C5H9N/c1-4-5-14-25-17-10-12-22(2)16(15-17)6-7-18-19-8-9-21(24)23(19,3)13-11-20(18)22;1-3-5-6-4-2/h15,17-20H,4-14H2,1-3H3;3-5H,1-2H3/b;5-3-,6-4?/t17-,18?,19?,20?,22-,23-;/m0./s1. The molecule has 3 unspecified atom stereocenters. The minimum absolute atomic E-state index is 0.0131. The summed E-state index contributed by atoms with van der Waals surface area (Å²) >= 11 is 0. The largest absolute Gasteiger partial charge is 0.374 e. The molecule has 0 N–H and O–H groups in total. The van der Waals surface area contributed by atoms with Gasteiger partial charge in [0.05, 0.1) is 6.10 Å². The molecule has 0 radical (unpaired) electrons. The number of hydrogen-bond acceptors (Lipinski definition) is 3. The van der Waals surface area contributed by atoms with E-state index in [4.69, 9.17) is 4.74 Å². The van der Waals surface area contributed by atoms with Crippen molar-refractivity contribution in [2.75, 3.05) is 6.61 Å². The molecule has 4 aliphatic carbocycles. The maximum Gasteiger partial charge on any atom is 0.139 e. The van der Waals surface area contributed by atoms with Crippen LogP contribution in [0.15, 0.2) is 28.9 Å². The Kier molecular flexibility index (Phi) is 8.35. The molecule has 0 heterocycles. The van der Waals surface area contributed by atoms with Gasteiger partial charge in [-0.15, -0.1) is 0 Å². The second-order valence-electron chi connectivity index (χ2n) is 10.6. The third-order valence-corrected chi connectivity index (χ3v) is 8.99. The van der Waals surface area contributed by atoms with Crippen LogP contribution < -0.4 is 0 Å². The number of carbonyl (C=O) groups is 1. The van der Waals surface area contributed by atoms with E-state index >= 15 is 0 Å². The number of aliphatic imine (C=N–C) groups is 1. The number of hydrogen-bond donors (Lipinski definition) is 0. The molecule has 3 fully saturated rings. The number of ketones is 1. The highest BCUT2D eigenvalue weighted by Crippen LogP contribution is 2.64. The maximum atomic E-state index is 12.5. The number of nitrogens with zero attached hydrogens (tertiary/aromatic N) is 1. The third-order valence-electron chi connectivity index (χ3n) is 8.99. The van der Waals surface area contributed by atoms with Gasteiger partial charge >= 0.3 is 0 Å². The van der Waals surface area contributed by atoms with E-state index in [-0.39, 0.29) is 5.41 Å². The van der Waals surface area contributed by atoms with Gasteiger partial charge in [0.2, 0.25) is 0 Å². The fraction of sp³-hybridized carbons (Fsp3) is 0.786. The lowest BCUT2D eigenvalue weighted by Crippen LogP contribution is -2.50. The molecule has 0 aromatic rings. The number of Topliss-reactive ketones (excluding diaryl/α,β-unsaturated/α-hetero) is 1. The Morgan fingerprint density at radius 2 is 1.81 bits per heavy atom. The molecule has 4 rings (SSSR count). The summed E-state index contributed by atoms with van der Waals surface area (Å²) in [6.45, 7) is 11.8. The van der Waals surface area contributed by atoms with Crippen molar-refractivity contribution >= 4 is 12.0 Å². The SMILES string of the molecule is CC=N/C=C\C.CCCCO[C@@H]1C=C2CCC3C(CC[C@]4(C)C(=O)CCC34)[C@@]2(C)CC1. The highest BCUT2D eigenvalue weighted by Gasteiger charge is 2.58. The Labute approximate surface area is 190 Å². The Hall–Kier alpha value is -1.22. The van der Waals surface area contributed by atoms with Crippen LogP contribution >= 0.6 is 0 Å². The zero-order valence-electron chi connectivity index (χ0n) is 20.7. The second-order valence-corrected chi connectivity index (χ2v) is 10.6. The molecule has 31 heavy (non-hydrogen) atoms. The van der Waals surface area contributed by atoms with Crippen molar-refractivity contribution in [3.63, 3.8) is 0 Å². The first-order chi connectivity index (χ1) is 14.9. The summed E-state index contributed by atoms with van der Waals surface area (Å²) in [5.41, 5.74) is 2.08. The monoisotopic (exact) mass is 427 g/mol. The van der Waals surface area contributed by atoms with Gasteiger partial charge < -0.3 is 4.74 Å². The van der Waals surface area contributed by atoms with Gasteiger partial charge in [-0.05, 0) is 88.4 Å². The van der Waals surface area contributed by atoms with E-state index in [1.165, 1.54) is 44.9 Å². The molecule has 0 aromatic carbocycles. The molecule has 0 bridgehead atoms. The van der Waals surface area contributed by atoms with Crippen LogP contribution in [0.3, 0.4) is 0 Å². The van der Waals surface area contributed by atoms with Crippen molar-refractivity contribution < 1.29 is 9.53 Å². The van der Waals surface area contributed by atoms with E-state index in [9.17, 15) is 4.79 Å². The zero-order valence-corrected chi connectivity index (χ0v) is 20.7. The Morgan fingerprint density at radius 3 is 2.48 bits per heavy atom. The second kappa shape index (κ2) is 10.6. The van der Waals surface area contributed by atoms with Crippen molar-refractivity contribution in [2.45, 2.75) is 105 Å². The third kappa shape index (κ3) is 4.92. The molecule has 0 spiro atoms. The average Bonchev–Trinajstić information content (AvgIpc) is 3.07. The Bertz CT molecular complexity index is 698. The number of rotatable bonds is 5. The number of unbranched alkanes of at least 4 members (excludes halogenated alkanes) is 1. The number of allylic oxidation sites excluding steroid dienone is 2. The molecule has 6 atom stereocenters. The van der Waals surface area contributed by atoms with E-state index in [1.807, 2.05) is 19.9 Å². The first-order valence-corrected chi connectivity index (χ1v) is 12.9. The molecule has 0 aromatic heterocycles. The van der Waals surface area contributed by atoms with Crippen molar-refractivity contribution in [3.8, 4) is 0 Å². The summed E-state index contributed by atoms with van der Waals surface area (Å²) in [6, 6.07) is 0. The van der Waals surface area contributed by atoms with E-state index in [0.29, 0.717) is 23.2 Å². The lowest BCUT2D eigenvalue weighted by molar-refractivity contribution is -0.132. The summed E-state index contributed by atoms with van der Waals surface area (Å²) in [5.74, 6) is 2.81. The van der Waals surface area contributed by atoms with Gasteiger partial charge in [0.15, 0.2) is 0 Å². The van der Waals surface area contributed by atoms with Crippen molar-refractivity contribution in [1.29, 1.82) is 0 Å². The normalized spacial score (nSPS) is 39.5. The smallest absolute Gasteiger partial charge is 0.139 e. The highest BCUT2D eigenvalue weighted by atomic mass is 16.5. The predicted octanol–water partition coefficient (Wildman–Crippen LogP) is 7.31. The first-order valence-electron chi connectivity index (χ1n) is 12.9. The molecule has 0 amide bonds. The van der Waals surface area contributed by atoms with E-state index in [1.54, 1.807) is 18.0 Å². The summed E-state index contributed by atoms with van der Waals surface area (Å²) in [4.78, 5) is 16.3. The number of ether oxygens (including phenoxy) is 1. The number of carbonyl (C=O) groups excluding carboxylic acids is 1. The van der Waals surface area contributed by atoms with Crippen LogP contribution in [-0.2, 0) is 9.53 Å². The quantitative estimate of drug-likeness (QED) is 0.262. The molecular weight excluding hydrogens is 382 g/mol. The van der Waals surface area contributed by atoms with Crippen LogP contribution in [0.4, 0.5) is 0 Å². The summed E-state index contributed by atoms with van der Waals surface area (Å²) in [7, 11) is 0. The van der Waals surface area contributed by atoms with E-state index in [0.717, 1.165) is 37.7 Å². The van der Waals surface area contributed by atoms with Crippen LogP contribution in [0.25, 0.3) is 0 Å². The molecule has 3 saturated carbocycles. The molecule has 0 saturated heterocycles. The summed E-state index contributed by atoms with van der Waals surface area (Å²) in [6.07, 6.45) is 20.1. The molecule has 3 nitrogen and oxygen atoms in total. The van der Waals surface area contributed by atoms with Crippen LogP contribution in [0.5, 0.6) is 0 Å². The van der Waals surface area contributed by atoms with Gasteiger partial charge in [-0.2, -0.15) is 0 Å². The van der Waals surface area contributed by atoms with Gasteiger partial charge in [-0.3, -0.25) is 9.79 Å². The lowest BCUT2D eigenvalue weighted by Gasteiger charge is -2.57. The van der Waals surface area contributed by atoms with Crippen LogP contribution in [-0.4, -0.2) is 24.7 Å². The van der Waals surface area contributed by atoms with Crippen LogP contribution in [0.2, 0.25) is 0 Å². The van der Waals surface area contributed by atoms with Gasteiger partial charge in [-0.25, -0.2) is 0 Å². The van der Waals surface area contributed by atoms with Gasteiger partial charge in [-0.1, -0.05) is 44.9 Å². The molecule has 4 aliphatic rings. The first kappa shape index (κ1) is 24.4. The van der Waals surface area contributed by atoms with Crippen LogP contribution in [0, 0.1) is 28.6 Å². The minimum Gasteiger partial charge on any atom is -0.374 e. The maximum absolute atomic E-state index is 12.5. The highest BCUT2D eigenvalue weighted by molar-refractivity contribution is 5.87. The fourth-order valence-corrected chi connectivity index (χ4v) is 7.15. The van der Waals surface area contributed by atoms with E-state index in [2.05, 4.69) is 31.8 Å². The average molecular weight is 428 g/mol. The predicted molar refractivity (Wildman–Crippen MR) is 130 cm³/mol. The summed E-state index contributed by atoms with van der Waals surface area (Å²) < 4.78 is 6.13. The fourth-order valence-electron chi connectivity index (χ4n) is 7.15. The van der Waals surface area contributed by atoms with Crippen LogP contribution in [0.1, 0.15) is 98.8 Å². The van der Waals surface area contributed by atoms with Crippen molar-refractivity contribution in [2.24, 2.45) is 33.6 Å². The van der Waals surface area contributed by atoms with Gasteiger partial charge in [0, 0.05) is 30.9 Å². The van der Waals surface area contributed by atoms with E-state index < -0.39 is 0 Å². The lowest BCUT2D eigenvalue weighted by atomic mass is 9.47. The molecule has 174 valence electrons. The number of fused-ring (bicyclic) bond motifs is 5. The molecule has 3 heteroatoms. The minimum atomic E-state index is 0.0131. The zero-order chi connectivity index (χ0) is 22.5. The van der Waals surface area contributed by atoms with Crippen molar-refractivity contribution in [3.05, 3.63) is 23.9 Å². The molecular formula is C28H45NO2. The Balaban J connectivity index is 0.000000401. The summed E-state index contributed by atoms with van der Waals surface area (Å²) in [5, 5.41) is 0. The molecule has 0 aliphatic heterocycles.